The number of carbonyl (C=O) groups excluding carboxylic acids is 2. The molecule has 2 aromatic carbocycles. The van der Waals surface area contributed by atoms with Gasteiger partial charge in [0, 0.05) is 34.3 Å². The van der Waals surface area contributed by atoms with Crippen LogP contribution in [-0.4, -0.2) is 38.5 Å². The predicted molar refractivity (Wildman–Crippen MR) is 125 cm³/mol. The summed E-state index contributed by atoms with van der Waals surface area (Å²) in [7, 11) is -4.64. The minimum atomic E-state index is -4.64. The van der Waals surface area contributed by atoms with E-state index < -0.39 is 31.7 Å². The molecule has 3 aromatic rings. The van der Waals surface area contributed by atoms with Gasteiger partial charge < -0.3 is 25.7 Å². The molecule has 5 N–H and O–H groups in total. The lowest BCUT2D eigenvalue weighted by Gasteiger charge is -2.19. The normalized spacial score (nSPS) is 12.0. The first-order chi connectivity index (χ1) is 15.6. The van der Waals surface area contributed by atoms with Crippen LogP contribution in [0.2, 0.25) is 5.02 Å². The van der Waals surface area contributed by atoms with Crippen LogP contribution >= 0.6 is 19.2 Å². The Hall–Kier alpha value is -3.43. The van der Waals surface area contributed by atoms with Crippen LogP contribution in [0.4, 0.5) is 16.2 Å². The maximum Gasteiger partial charge on any atom is 0.328 e. The van der Waals surface area contributed by atoms with E-state index in [1.54, 1.807) is 42.6 Å². The van der Waals surface area contributed by atoms with Crippen molar-refractivity contribution in [2.45, 2.75) is 6.04 Å². The van der Waals surface area contributed by atoms with Crippen molar-refractivity contribution in [1.29, 1.82) is 0 Å². The molecule has 0 aliphatic heterocycles. The summed E-state index contributed by atoms with van der Waals surface area (Å²) >= 11 is 5.79. The fraction of sp³-hybridized carbons (Fsp3) is 0.0952. The average molecular weight is 491 g/mol. The zero-order valence-corrected chi connectivity index (χ0v) is 18.7. The fourth-order valence-electron chi connectivity index (χ4n) is 2.87. The van der Waals surface area contributed by atoms with E-state index in [9.17, 15) is 28.7 Å². The molecule has 0 radical (unpaired) electrons. The van der Waals surface area contributed by atoms with E-state index in [1.807, 2.05) is 0 Å². The van der Waals surface area contributed by atoms with Crippen LogP contribution < -0.4 is 21.5 Å². The first kappa shape index (κ1) is 24.2. The Morgan fingerprint density at radius 1 is 0.939 bits per heavy atom. The van der Waals surface area contributed by atoms with Gasteiger partial charge in [-0.1, -0.05) is 17.7 Å². The van der Waals surface area contributed by atoms with Crippen molar-refractivity contribution in [3.63, 3.8) is 0 Å². The summed E-state index contributed by atoms with van der Waals surface area (Å²) in [6.45, 7) is 0. The number of anilines is 2. The standard InChI is InChI=1S/C21H20ClN4O6P/c22-14-4-6-16(7-5-14)24-21(29)25-18(13-33(30,31)32)20(28)23-15-8-10-17(11-9-15)26-12-2-1-3-19(26)27/h1-12,18H,13H2,(H,23,28)(H2,24,25,29)(H2,30,31,32). The SMILES string of the molecule is O=C(Nc1ccc(Cl)cc1)NC(CP(=O)(O)O)C(=O)Nc1ccc(-n2ccccc2=O)cc1. The summed E-state index contributed by atoms with van der Waals surface area (Å²) in [5.41, 5.74) is 1.01. The van der Waals surface area contributed by atoms with Crippen molar-refractivity contribution in [3.05, 3.63) is 88.3 Å². The van der Waals surface area contributed by atoms with Gasteiger partial charge in [-0.2, -0.15) is 0 Å². The molecule has 0 fully saturated rings. The Labute approximate surface area is 193 Å². The quantitative estimate of drug-likeness (QED) is 0.321. The molecule has 0 aliphatic carbocycles. The number of aromatic nitrogens is 1. The highest BCUT2D eigenvalue weighted by atomic mass is 35.5. The summed E-state index contributed by atoms with van der Waals surface area (Å²) in [4.78, 5) is 55.5. The largest absolute Gasteiger partial charge is 0.328 e. The lowest BCUT2D eigenvalue weighted by Crippen LogP contribution is -2.47. The van der Waals surface area contributed by atoms with Crippen molar-refractivity contribution in [2.75, 3.05) is 16.8 Å². The van der Waals surface area contributed by atoms with Crippen molar-refractivity contribution < 1.29 is 23.9 Å². The summed E-state index contributed by atoms with van der Waals surface area (Å²) in [6.07, 6.45) is 0.694. The molecular formula is C21H20ClN4O6P. The smallest absolute Gasteiger partial charge is 0.325 e. The van der Waals surface area contributed by atoms with Crippen LogP contribution in [0.3, 0.4) is 0 Å². The molecule has 3 amide bonds. The molecule has 1 unspecified atom stereocenters. The van der Waals surface area contributed by atoms with Crippen molar-refractivity contribution >= 4 is 42.5 Å². The number of urea groups is 1. The molecule has 12 heteroatoms. The van der Waals surface area contributed by atoms with Crippen molar-refractivity contribution in [3.8, 4) is 5.69 Å². The Balaban J connectivity index is 1.70. The van der Waals surface area contributed by atoms with Gasteiger partial charge in [0.2, 0.25) is 5.91 Å². The summed E-state index contributed by atoms with van der Waals surface area (Å²) in [5.74, 6) is -0.825. The molecular weight excluding hydrogens is 471 g/mol. The highest BCUT2D eigenvalue weighted by Gasteiger charge is 2.29. The van der Waals surface area contributed by atoms with Crippen LogP contribution in [0.25, 0.3) is 5.69 Å². The molecule has 0 bridgehead atoms. The molecule has 10 nitrogen and oxygen atoms in total. The Kier molecular flexibility index (Phi) is 7.67. The van der Waals surface area contributed by atoms with E-state index in [0.717, 1.165) is 0 Å². The van der Waals surface area contributed by atoms with Gasteiger partial charge in [0.15, 0.2) is 0 Å². The van der Waals surface area contributed by atoms with E-state index in [1.165, 1.54) is 34.9 Å². The third-order valence-corrected chi connectivity index (χ3v) is 5.47. The van der Waals surface area contributed by atoms with Gasteiger partial charge in [0.05, 0.1) is 6.16 Å². The molecule has 1 heterocycles. The van der Waals surface area contributed by atoms with Crippen molar-refractivity contribution in [1.82, 2.24) is 9.88 Å². The monoisotopic (exact) mass is 490 g/mol. The highest BCUT2D eigenvalue weighted by molar-refractivity contribution is 7.51. The van der Waals surface area contributed by atoms with Crippen LogP contribution in [0.15, 0.2) is 77.7 Å². The second kappa shape index (κ2) is 10.5. The van der Waals surface area contributed by atoms with Gasteiger partial charge in [0.25, 0.3) is 5.56 Å². The lowest BCUT2D eigenvalue weighted by molar-refractivity contribution is -0.117. The molecule has 3 rings (SSSR count). The minimum Gasteiger partial charge on any atom is -0.325 e. The Bertz CT molecular complexity index is 1240. The molecule has 0 saturated carbocycles. The molecule has 1 atom stereocenters. The molecule has 1 aromatic heterocycles. The van der Waals surface area contributed by atoms with Crippen LogP contribution in [-0.2, 0) is 9.36 Å². The van der Waals surface area contributed by atoms with E-state index in [0.29, 0.717) is 22.1 Å². The van der Waals surface area contributed by atoms with Gasteiger partial charge >= 0.3 is 13.6 Å². The molecule has 33 heavy (non-hydrogen) atoms. The predicted octanol–water partition coefficient (Wildman–Crippen LogP) is 2.80. The van der Waals surface area contributed by atoms with Gasteiger partial charge in [-0.15, -0.1) is 0 Å². The number of hydrogen-bond acceptors (Lipinski definition) is 4. The van der Waals surface area contributed by atoms with Crippen LogP contribution in [0, 0.1) is 0 Å². The highest BCUT2D eigenvalue weighted by Crippen LogP contribution is 2.35. The number of carbonyl (C=O) groups is 2. The summed E-state index contributed by atoms with van der Waals surface area (Å²) < 4.78 is 12.9. The maximum atomic E-state index is 12.7. The second-order valence-corrected chi connectivity index (χ2v) is 9.08. The van der Waals surface area contributed by atoms with Crippen LogP contribution in [0.1, 0.15) is 0 Å². The zero-order valence-electron chi connectivity index (χ0n) is 17.0. The second-order valence-electron chi connectivity index (χ2n) is 6.95. The number of nitrogens with zero attached hydrogens (tertiary/aromatic N) is 1. The van der Waals surface area contributed by atoms with Gasteiger partial charge in [-0.25, -0.2) is 4.79 Å². The summed E-state index contributed by atoms with van der Waals surface area (Å²) in [6, 6.07) is 14.8. The van der Waals surface area contributed by atoms with Gasteiger partial charge in [0.1, 0.15) is 6.04 Å². The average Bonchev–Trinajstić information content (AvgIpc) is 2.75. The first-order valence-electron chi connectivity index (χ1n) is 9.57. The molecule has 172 valence electrons. The third-order valence-electron chi connectivity index (χ3n) is 4.38. The number of amides is 3. The molecule has 0 saturated heterocycles. The number of pyridine rings is 1. The number of rotatable bonds is 7. The van der Waals surface area contributed by atoms with E-state index in [2.05, 4.69) is 16.0 Å². The fourth-order valence-corrected chi connectivity index (χ4v) is 3.72. The number of nitrogens with one attached hydrogen (secondary N) is 3. The van der Waals surface area contributed by atoms with E-state index >= 15 is 0 Å². The summed E-state index contributed by atoms with van der Waals surface area (Å²) in [5, 5.41) is 7.70. The van der Waals surface area contributed by atoms with Crippen molar-refractivity contribution in [2.24, 2.45) is 0 Å². The number of halogens is 1. The van der Waals surface area contributed by atoms with Crippen LogP contribution in [0.5, 0.6) is 0 Å². The Morgan fingerprint density at radius 2 is 1.55 bits per heavy atom. The molecule has 0 spiro atoms. The number of benzene rings is 2. The van der Waals surface area contributed by atoms with Gasteiger partial charge in [-0.3, -0.25) is 18.7 Å². The Morgan fingerprint density at radius 3 is 2.15 bits per heavy atom. The molecule has 0 aliphatic rings. The lowest BCUT2D eigenvalue weighted by atomic mass is 10.2. The topological polar surface area (TPSA) is 150 Å². The van der Waals surface area contributed by atoms with Gasteiger partial charge in [-0.05, 0) is 54.6 Å². The first-order valence-corrected chi connectivity index (χ1v) is 11.7. The third kappa shape index (κ3) is 7.30. The van der Waals surface area contributed by atoms with E-state index in [-0.39, 0.29) is 5.56 Å². The number of hydrogen-bond donors (Lipinski definition) is 5. The zero-order chi connectivity index (χ0) is 24.0. The minimum absolute atomic E-state index is 0.230. The maximum absolute atomic E-state index is 12.7. The van der Waals surface area contributed by atoms with E-state index in [4.69, 9.17) is 11.6 Å².